The number of amides is 1. The summed E-state index contributed by atoms with van der Waals surface area (Å²) in [6, 6.07) is 19.7. The SMILES string of the molecule is N#Cc1ccc(CN2CCC3(CC2)COCCN3C(=O)OCc2ccccc2)cc1. The molecule has 156 valence electrons. The molecule has 2 saturated heterocycles. The molecule has 0 aliphatic carbocycles. The lowest BCUT2D eigenvalue weighted by atomic mass is 9.85. The first-order valence-corrected chi connectivity index (χ1v) is 10.5. The molecular weight excluding hydrogens is 378 g/mol. The van der Waals surface area contributed by atoms with Crippen molar-refractivity contribution >= 4 is 6.09 Å². The molecule has 0 saturated carbocycles. The number of hydrogen-bond acceptors (Lipinski definition) is 5. The molecule has 0 radical (unpaired) electrons. The molecule has 2 heterocycles. The Morgan fingerprint density at radius 1 is 1.03 bits per heavy atom. The minimum absolute atomic E-state index is 0.248. The fraction of sp³-hybridized carbons (Fsp3) is 0.417. The van der Waals surface area contributed by atoms with Crippen LogP contribution in [0.5, 0.6) is 0 Å². The number of benzene rings is 2. The number of nitrogens with zero attached hydrogens (tertiary/aromatic N) is 3. The van der Waals surface area contributed by atoms with E-state index in [2.05, 4.69) is 11.0 Å². The van der Waals surface area contributed by atoms with Gasteiger partial charge >= 0.3 is 6.09 Å². The third kappa shape index (κ3) is 4.64. The van der Waals surface area contributed by atoms with Crippen LogP contribution in [0.3, 0.4) is 0 Å². The zero-order chi connectivity index (χ0) is 20.8. The number of likely N-dealkylation sites (tertiary alicyclic amines) is 1. The maximum Gasteiger partial charge on any atom is 0.410 e. The highest BCUT2D eigenvalue weighted by Gasteiger charge is 2.45. The van der Waals surface area contributed by atoms with Gasteiger partial charge in [0.1, 0.15) is 6.61 Å². The second kappa shape index (κ2) is 9.29. The van der Waals surface area contributed by atoms with Crippen molar-refractivity contribution in [3.05, 3.63) is 71.3 Å². The minimum atomic E-state index is -0.285. The van der Waals surface area contributed by atoms with Crippen LogP contribution in [0.25, 0.3) is 0 Å². The first-order valence-electron chi connectivity index (χ1n) is 10.5. The lowest BCUT2D eigenvalue weighted by Gasteiger charge is -2.50. The quantitative estimate of drug-likeness (QED) is 0.778. The molecule has 2 fully saturated rings. The Morgan fingerprint density at radius 3 is 2.47 bits per heavy atom. The Kier molecular flexibility index (Phi) is 6.32. The van der Waals surface area contributed by atoms with Gasteiger partial charge in [-0.15, -0.1) is 0 Å². The normalized spacial score (nSPS) is 18.7. The number of carbonyl (C=O) groups is 1. The van der Waals surface area contributed by atoms with E-state index in [1.54, 1.807) is 0 Å². The minimum Gasteiger partial charge on any atom is -0.445 e. The van der Waals surface area contributed by atoms with Crippen molar-refractivity contribution in [2.24, 2.45) is 0 Å². The van der Waals surface area contributed by atoms with Crippen LogP contribution in [-0.2, 0) is 22.6 Å². The van der Waals surface area contributed by atoms with E-state index in [0.717, 1.165) is 38.0 Å². The van der Waals surface area contributed by atoms with Gasteiger partial charge < -0.3 is 9.47 Å². The lowest BCUT2D eigenvalue weighted by Crippen LogP contribution is -2.63. The van der Waals surface area contributed by atoms with Gasteiger partial charge in [0.15, 0.2) is 0 Å². The first-order chi connectivity index (χ1) is 14.7. The van der Waals surface area contributed by atoms with E-state index < -0.39 is 0 Å². The molecule has 6 nitrogen and oxygen atoms in total. The summed E-state index contributed by atoms with van der Waals surface area (Å²) >= 11 is 0. The zero-order valence-corrected chi connectivity index (χ0v) is 17.1. The number of nitriles is 1. The summed E-state index contributed by atoms with van der Waals surface area (Å²) in [6.07, 6.45) is 1.48. The van der Waals surface area contributed by atoms with Gasteiger partial charge in [-0.2, -0.15) is 5.26 Å². The summed E-state index contributed by atoms with van der Waals surface area (Å²) in [4.78, 5) is 17.2. The van der Waals surface area contributed by atoms with E-state index in [9.17, 15) is 4.79 Å². The predicted molar refractivity (Wildman–Crippen MR) is 113 cm³/mol. The summed E-state index contributed by atoms with van der Waals surface area (Å²) in [5.41, 5.74) is 2.59. The van der Waals surface area contributed by atoms with E-state index in [-0.39, 0.29) is 18.2 Å². The Labute approximate surface area is 177 Å². The molecule has 4 rings (SSSR count). The standard InChI is InChI=1S/C24H27N3O3/c25-16-20-6-8-21(9-7-20)17-26-12-10-24(11-13-26)19-29-15-14-27(24)23(28)30-18-22-4-2-1-3-5-22/h1-9H,10-15,17-19H2. The van der Waals surface area contributed by atoms with Gasteiger partial charge in [0.05, 0.1) is 30.4 Å². The van der Waals surface area contributed by atoms with Gasteiger partial charge in [-0.1, -0.05) is 42.5 Å². The second-order valence-electron chi connectivity index (χ2n) is 8.05. The Morgan fingerprint density at radius 2 is 1.77 bits per heavy atom. The molecule has 0 N–H and O–H groups in total. The molecule has 2 aliphatic heterocycles. The van der Waals surface area contributed by atoms with E-state index in [4.69, 9.17) is 14.7 Å². The maximum absolute atomic E-state index is 12.9. The van der Waals surface area contributed by atoms with E-state index in [1.165, 1.54) is 5.56 Å². The fourth-order valence-corrected chi connectivity index (χ4v) is 4.30. The van der Waals surface area contributed by atoms with E-state index in [1.807, 2.05) is 59.5 Å². The van der Waals surface area contributed by atoms with Crippen molar-refractivity contribution in [1.82, 2.24) is 9.80 Å². The van der Waals surface area contributed by atoms with E-state index >= 15 is 0 Å². The Balaban J connectivity index is 1.35. The highest BCUT2D eigenvalue weighted by Crippen LogP contribution is 2.33. The third-order valence-corrected chi connectivity index (χ3v) is 6.10. The molecule has 0 atom stereocenters. The van der Waals surface area contributed by atoms with Gasteiger partial charge in [0.2, 0.25) is 0 Å². The van der Waals surface area contributed by atoms with Crippen molar-refractivity contribution in [2.75, 3.05) is 32.8 Å². The highest BCUT2D eigenvalue weighted by molar-refractivity contribution is 5.69. The number of morpholine rings is 1. The van der Waals surface area contributed by atoms with Gasteiger partial charge in [0.25, 0.3) is 0 Å². The van der Waals surface area contributed by atoms with Crippen molar-refractivity contribution in [1.29, 1.82) is 5.26 Å². The van der Waals surface area contributed by atoms with Gasteiger partial charge in [-0.05, 0) is 36.1 Å². The fourth-order valence-electron chi connectivity index (χ4n) is 4.30. The van der Waals surface area contributed by atoms with E-state index in [0.29, 0.717) is 25.3 Å². The summed E-state index contributed by atoms with van der Waals surface area (Å²) < 4.78 is 11.4. The zero-order valence-electron chi connectivity index (χ0n) is 17.1. The van der Waals surface area contributed by atoms with Gasteiger partial charge in [-0.3, -0.25) is 9.80 Å². The molecule has 2 aliphatic rings. The number of piperidine rings is 1. The molecule has 1 amide bonds. The van der Waals surface area contributed by atoms with Crippen molar-refractivity contribution in [3.8, 4) is 6.07 Å². The number of carbonyl (C=O) groups excluding carboxylic acids is 1. The predicted octanol–water partition coefficient (Wildman–Crippen LogP) is 3.56. The summed E-state index contributed by atoms with van der Waals surface area (Å²) in [5.74, 6) is 0. The topological polar surface area (TPSA) is 65.8 Å². The van der Waals surface area contributed by atoms with Crippen molar-refractivity contribution in [3.63, 3.8) is 0 Å². The molecule has 1 spiro atoms. The van der Waals surface area contributed by atoms with Crippen LogP contribution in [-0.4, -0.2) is 54.3 Å². The van der Waals surface area contributed by atoms with Crippen LogP contribution in [0.2, 0.25) is 0 Å². The van der Waals surface area contributed by atoms with Crippen LogP contribution in [0.1, 0.15) is 29.5 Å². The van der Waals surface area contributed by atoms with Gasteiger partial charge in [-0.25, -0.2) is 4.79 Å². The average molecular weight is 405 g/mol. The molecule has 6 heteroatoms. The van der Waals surface area contributed by atoms with Crippen molar-refractivity contribution < 1.29 is 14.3 Å². The molecular formula is C24H27N3O3. The molecule has 0 unspecified atom stereocenters. The third-order valence-electron chi connectivity index (χ3n) is 6.10. The Bertz CT molecular complexity index is 884. The van der Waals surface area contributed by atoms with Gasteiger partial charge in [0, 0.05) is 26.2 Å². The lowest BCUT2D eigenvalue weighted by molar-refractivity contribution is -0.0871. The van der Waals surface area contributed by atoms with Crippen LogP contribution in [0.4, 0.5) is 4.79 Å². The summed E-state index contributed by atoms with van der Waals surface area (Å²) in [5, 5.41) is 8.95. The molecule has 0 aromatic heterocycles. The van der Waals surface area contributed by atoms with Crippen LogP contribution in [0, 0.1) is 11.3 Å². The van der Waals surface area contributed by atoms with Crippen LogP contribution in [0.15, 0.2) is 54.6 Å². The molecule has 2 aromatic carbocycles. The first kappa shape index (κ1) is 20.4. The number of ether oxygens (including phenoxy) is 2. The summed E-state index contributed by atoms with van der Waals surface area (Å²) in [7, 11) is 0. The molecule has 0 bridgehead atoms. The molecule has 30 heavy (non-hydrogen) atoms. The summed E-state index contributed by atoms with van der Waals surface area (Å²) in [6.45, 7) is 4.62. The smallest absolute Gasteiger partial charge is 0.410 e. The second-order valence-corrected chi connectivity index (χ2v) is 8.05. The Hall–Kier alpha value is -2.88. The van der Waals surface area contributed by atoms with Crippen LogP contribution >= 0.6 is 0 Å². The highest BCUT2D eigenvalue weighted by atomic mass is 16.6. The monoisotopic (exact) mass is 405 g/mol. The average Bonchev–Trinajstić information content (AvgIpc) is 2.81. The van der Waals surface area contributed by atoms with Crippen LogP contribution < -0.4 is 0 Å². The van der Waals surface area contributed by atoms with Crippen molar-refractivity contribution in [2.45, 2.75) is 31.5 Å². The number of hydrogen-bond donors (Lipinski definition) is 0. The largest absolute Gasteiger partial charge is 0.445 e. The molecule has 2 aromatic rings. The number of rotatable bonds is 4. The maximum atomic E-state index is 12.9.